The van der Waals surface area contributed by atoms with Crippen molar-refractivity contribution in [3.8, 4) is 0 Å². The fourth-order valence-corrected chi connectivity index (χ4v) is 3.25. The Labute approximate surface area is 136 Å². The maximum absolute atomic E-state index is 12.1. The number of aromatic nitrogens is 1. The van der Waals surface area contributed by atoms with E-state index in [-0.39, 0.29) is 11.5 Å². The number of pyridine rings is 1. The van der Waals surface area contributed by atoms with Gasteiger partial charge in [-0.05, 0) is 37.9 Å². The minimum atomic E-state index is -0.341. The number of amides is 1. The van der Waals surface area contributed by atoms with Gasteiger partial charge in [-0.1, -0.05) is 18.1 Å². The van der Waals surface area contributed by atoms with Crippen molar-refractivity contribution in [3.63, 3.8) is 0 Å². The first kappa shape index (κ1) is 15.9. The van der Waals surface area contributed by atoms with Gasteiger partial charge in [-0.3, -0.25) is 14.7 Å². The molecule has 6 nitrogen and oxygen atoms in total. The van der Waals surface area contributed by atoms with Gasteiger partial charge in [-0.2, -0.15) is 0 Å². The third-order valence-corrected chi connectivity index (χ3v) is 4.37. The molecule has 23 heavy (non-hydrogen) atoms. The highest BCUT2D eigenvalue weighted by molar-refractivity contribution is 6.39. The number of oxime groups is 1. The molecule has 1 unspecified atom stereocenters. The largest absolute Gasteiger partial charge is 0.387 e. The van der Waals surface area contributed by atoms with Crippen molar-refractivity contribution in [2.75, 3.05) is 19.6 Å². The molecule has 124 valence electrons. The Bertz CT molecular complexity index is 575. The fourth-order valence-electron chi connectivity index (χ4n) is 3.25. The van der Waals surface area contributed by atoms with Crippen LogP contribution in [-0.4, -0.2) is 46.7 Å². The van der Waals surface area contributed by atoms with Gasteiger partial charge < -0.3 is 10.2 Å². The maximum Gasteiger partial charge on any atom is 0.269 e. The molecular formula is C17H24N4O2. The average molecular weight is 316 g/mol. The van der Waals surface area contributed by atoms with Crippen molar-refractivity contribution >= 4 is 11.6 Å². The highest BCUT2D eigenvalue weighted by Gasteiger charge is 2.44. The van der Waals surface area contributed by atoms with Crippen LogP contribution in [0.25, 0.3) is 0 Å². The Morgan fingerprint density at radius 2 is 2.39 bits per heavy atom. The van der Waals surface area contributed by atoms with Gasteiger partial charge in [0.15, 0.2) is 5.60 Å². The number of hydrogen-bond donors (Lipinski definition) is 1. The normalized spacial score (nSPS) is 24.3. The smallest absolute Gasteiger partial charge is 0.269 e. The molecule has 2 aliphatic rings. The Morgan fingerprint density at radius 1 is 1.48 bits per heavy atom. The molecule has 0 aliphatic carbocycles. The monoisotopic (exact) mass is 316 g/mol. The second-order valence-corrected chi connectivity index (χ2v) is 6.38. The molecule has 0 aromatic carbocycles. The summed E-state index contributed by atoms with van der Waals surface area (Å²) in [6.07, 6.45) is 5.33. The van der Waals surface area contributed by atoms with Crippen LogP contribution in [0.2, 0.25) is 0 Å². The number of hydrogen-bond acceptors (Lipinski definition) is 5. The minimum Gasteiger partial charge on any atom is -0.387 e. The molecule has 6 heteroatoms. The molecule has 1 aromatic heterocycles. The predicted octanol–water partition coefficient (Wildman–Crippen LogP) is 1.72. The highest BCUT2D eigenvalue weighted by atomic mass is 16.7. The van der Waals surface area contributed by atoms with E-state index in [0.717, 1.165) is 44.6 Å². The lowest BCUT2D eigenvalue weighted by molar-refractivity contribution is -0.114. The summed E-state index contributed by atoms with van der Waals surface area (Å²) in [6.45, 7) is 5.34. The third-order valence-electron chi connectivity index (χ3n) is 4.37. The first-order valence-corrected chi connectivity index (χ1v) is 8.36. The van der Waals surface area contributed by atoms with Crippen molar-refractivity contribution in [1.29, 1.82) is 0 Å². The quantitative estimate of drug-likeness (QED) is 0.898. The molecule has 1 atom stereocenters. The zero-order chi connectivity index (χ0) is 16.1. The topological polar surface area (TPSA) is 66.8 Å². The van der Waals surface area contributed by atoms with Crippen molar-refractivity contribution in [1.82, 2.24) is 15.2 Å². The van der Waals surface area contributed by atoms with E-state index >= 15 is 0 Å². The van der Waals surface area contributed by atoms with E-state index in [0.29, 0.717) is 18.7 Å². The summed E-state index contributed by atoms with van der Waals surface area (Å²) in [5, 5.41) is 6.94. The Hall–Kier alpha value is -1.95. The van der Waals surface area contributed by atoms with E-state index in [9.17, 15) is 4.79 Å². The third kappa shape index (κ3) is 3.88. The summed E-state index contributed by atoms with van der Waals surface area (Å²) in [7, 11) is 0. The number of carbonyl (C=O) groups is 1. The lowest BCUT2D eigenvalue weighted by Crippen LogP contribution is -2.48. The van der Waals surface area contributed by atoms with E-state index in [1.54, 1.807) is 0 Å². The van der Waals surface area contributed by atoms with Gasteiger partial charge in [0, 0.05) is 32.3 Å². The number of piperidine rings is 1. The lowest BCUT2D eigenvalue weighted by atomic mass is 9.88. The fraction of sp³-hybridized carbons (Fsp3) is 0.588. The summed E-state index contributed by atoms with van der Waals surface area (Å²) >= 11 is 0. The molecule has 3 heterocycles. The number of likely N-dealkylation sites (tertiary alicyclic amines) is 1. The van der Waals surface area contributed by atoms with Crippen LogP contribution in [0.4, 0.5) is 0 Å². The SMILES string of the molecule is CCCNC(=O)C1=NOC2(CCCN(Cc3ccccn3)C2)C1. The van der Waals surface area contributed by atoms with Gasteiger partial charge >= 0.3 is 0 Å². The molecule has 1 spiro atoms. The predicted molar refractivity (Wildman–Crippen MR) is 87.9 cm³/mol. The van der Waals surface area contributed by atoms with Crippen molar-refractivity contribution in [2.24, 2.45) is 5.16 Å². The van der Waals surface area contributed by atoms with Crippen LogP contribution in [0.5, 0.6) is 0 Å². The number of rotatable bonds is 5. The standard InChI is InChI=1S/C17H24N4O2/c1-2-8-19-16(22)15-11-17(23-20-15)7-5-10-21(13-17)12-14-6-3-4-9-18-14/h3-4,6,9H,2,5,7-8,10-13H2,1H3,(H,19,22). The first-order chi connectivity index (χ1) is 11.2. The summed E-state index contributed by atoms with van der Waals surface area (Å²) in [5.74, 6) is -0.0921. The second kappa shape index (κ2) is 7.08. The van der Waals surface area contributed by atoms with Crippen LogP contribution < -0.4 is 5.32 Å². The van der Waals surface area contributed by atoms with Crippen LogP contribution in [0.15, 0.2) is 29.6 Å². The zero-order valence-corrected chi connectivity index (χ0v) is 13.6. The summed E-state index contributed by atoms with van der Waals surface area (Å²) in [5.41, 5.74) is 1.24. The molecule has 1 N–H and O–H groups in total. The summed E-state index contributed by atoms with van der Waals surface area (Å²) in [4.78, 5) is 24.5. The molecule has 3 rings (SSSR count). The van der Waals surface area contributed by atoms with Crippen LogP contribution in [0.1, 0.15) is 38.3 Å². The highest BCUT2D eigenvalue weighted by Crippen LogP contribution is 2.33. The lowest BCUT2D eigenvalue weighted by Gasteiger charge is -2.38. The Balaban J connectivity index is 1.58. The van der Waals surface area contributed by atoms with Crippen molar-refractivity contribution in [3.05, 3.63) is 30.1 Å². The summed E-state index contributed by atoms with van der Waals surface area (Å²) in [6, 6.07) is 5.97. The number of carbonyl (C=O) groups excluding carboxylic acids is 1. The van der Waals surface area contributed by atoms with Gasteiger partial charge in [-0.15, -0.1) is 0 Å². The van der Waals surface area contributed by atoms with Gasteiger partial charge in [0.2, 0.25) is 0 Å². The molecule has 1 saturated heterocycles. The number of nitrogens with zero attached hydrogens (tertiary/aromatic N) is 3. The van der Waals surface area contributed by atoms with E-state index in [2.05, 4.69) is 20.4 Å². The molecule has 0 bridgehead atoms. The van der Waals surface area contributed by atoms with Gasteiger partial charge in [0.05, 0.1) is 5.69 Å². The number of nitrogens with one attached hydrogen (secondary N) is 1. The molecular weight excluding hydrogens is 292 g/mol. The molecule has 1 amide bonds. The van der Waals surface area contributed by atoms with Crippen LogP contribution in [0.3, 0.4) is 0 Å². The molecule has 0 saturated carbocycles. The second-order valence-electron chi connectivity index (χ2n) is 6.38. The Kier molecular flexibility index (Phi) is 4.91. The average Bonchev–Trinajstić information content (AvgIpc) is 2.97. The van der Waals surface area contributed by atoms with E-state index in [4.69, 9.17) is 4.84 Å². The van der Waals surface area contributed by atoms with E-state index < -0.39 is 0 Å². The minimum absolute atomic E-state index is 0.0921. The van der Waals surface area contributed by atoms with Gasteiger partial charge in [-0.25, -0.2) is 0 Å². The summed E-state index contributed by atoms with van der Waals surface area (Å²) < 4.78 is 0. The zero-order valence-electron chi connectivity index (χ0n) is 13.6. The molecule has 1 aromatic rings. The van der Waals surface area contributed by atoms with Crippen LogP contribution in [0, 0.1) is 0 Å². The van der Waals surface area contributed by atoms with Gasteiger partial charge in [0.25, 0.3) is 5.91 Å². The van der Waals surface area contributed by atoms with E-state index in [1.807, 2.05) is 31.3 Å². The van der Waals surface area contributed by atoms with Gasteiger partial charge in [0.1, 0.15) is 5.71 Å². The Morgan fingerprint density at radius 3 is 3.17 bits per heavy atom. The molecule has 2 aliphatic heterocycles. The molecule has 0 radical (unpaired) electrons. The van der Waals surface area contributed by atoms with Crippen LogP contribution >= 0.6 is 0 Å². The van der Waals surface area contributed by atoms with E-state index in [1.165, 1.54) is 0 Å². The van der Waals surface area contributed by atoms with Crippen LogP contribution in [-0.2, 0) is 16.2 Å². The van der Waals surface area contributed by atoms with Crippen molar-refractivity contribution in [2.45, 2.75) is 44.8 Å². The maximum atomic E-state index is 12.1. The first-order valence-electron chi connectivity index (χ1n) is 8.36. The molecule has 1 fully saturated rings. The van der Waals surface area contributed by atoms with Crippen molar-refractivity contribution < 1.29 is 9.63 Å².